The Bertz CT molecular complexity index is 1040. The molecule has 0 aliphatic carbocycles. The van der Waals surface area contributed by atoms with Crippen LogP contribution in [0.15, 0.2) is 47.5 Å². The Kier molecular flexibility index (Phi) is 11.0. The van der Waals surface area contributed by atoms with E-state index in [0.29, 0.717) is 29.6 Å². The molecule has 36 heavy (non-hydrogen) atoms. The van der Waals surface area contributed by atoms with Crippen LogP contribution in [0.4, 0.5) is 16.2 Å². The second-order valence-corrected chi connectivity index (χ2v) is 9.20. The van der Waals surface area contributed by atoms with E-state index < -0.39 is 0 Å². The number of urea groups is 1. The van der Waals surface area contributed by atoms with E-state index in [1.165, 1.54) is 9.80 Å². The standard InChI is InChI=1S/C26H36ClN5O4/c1-18(2)30(5)26(34)29-25(31(16-33)15-20-8-10-21(27)11-9-20)28-22-12-13-24(36-7)23(14-22)32(17-35-6)19(3)4/h8-14,16,18-19H,15,17H2,1-7H3,(H,28,29,34). The molecule has 10 heteroatoms. The van der Waals surface area contributed by atoms with Crippen LogP contribution < -0.4 is 15.0 Å². The summed E-state index contributed by atoms with van der Waals surface area (Å²) in [5, 5.41) is 3.38. The predicted molar refractivity (Wildman–Crippen MR) is 144 cm³/mol. The summed E-state index contributed by atoms with van der Waals surface area (Å²) in [7, 11) is 4.90. The molecule has 3 amide bonds. The van der Waals surface area contributed by atoms with Crippen LogP contribution >= 0.6 is 11.6 Å². The molecule has 0 atom stereocenters. The molecule has 196 valence electrons. The number of ether oxygens (including phenoxy) is 2. The van der Waals surface area contributed by atoms with Gasteiger partial charge in [0.15, 0.2) is 0 Å². The van der Waals surface area contributed by atoms with Crippen molar-refractivity contribution in [3.63, 3.8) is 0 Å². The third-order valence-corrected chi connectivity index (χ3v) is 5.83. The van der Waals surface area contributed by atoms with Crippen molar-refractivity contribution >= 4 is 41.4 Å². The number of anilines is 1. The monoisotopic (exact) mass is 517 g/mol. The van der Waals surface area contributed by atoms with Gasteiger partial charge in [-0.15, -0.1) is 0 Å². The number of rotatable bonds is 10. The van der Waals surface area contributed by atoms with Gasteiger partial charge in [0.1, 0.15) is 12.5 Å². The summed E-state index contributed by atoms with van der Waals surface area (Å²) in [6.45, 7) is 8.42. The number of halogens is 1. The van der Waals surface area contributed by atoms with Gasteiger partial charge in [-0.3, -0.25) is 15.0 Å². The zero-order valence-electron chi connectivity index (χ0n) is 22.0. The highest BCUT2D eigenvalue weighted by atomic mass is 35.5. The second-order valence-electron chi connectivity index (χ2n) is 8.77. The summed E-state index contributed by atoms with van der Waals surface area (Å²) < 4.78 is 10.9. The largest absolute Gasteiger partial charge is 0.495 e. The maximum absolute atomic E-state index is 12.9. The number of aliphatic imine (C=N–C) groups is 1. The third kappa shape index (κ3) is 7.86. The first-order valence-corrected chi connectivity index (χ1v) is 12.0. The first kappa shape index (κ1) is 28.9. The van der Waals surface area contributed by atoms with Crippen molar-refractivity contribution in [2.24, 2.45) is 4.99 Å². The zero-order valence-corrected chi connectivity index (χ0v) is 22.7. The number of carbonyl (C=O) groups is 2. The van der Waals surface area contributed by atoms with E-state index in [4.69, 9.17) is 21.1 Å². The van der Waals surface area contributed by atoms with Gasteiger partial charge in [-0.25, -0.2) is 9.79 Å². The molecule has 0 saturated carbocycles. The zero-order chi connectivity index (χ0) is 26.8. The first-order chi connectivity index (χ1) is 17.1. The smallest absolute Gasteiger partial charge is 0.324 e. The lowest BCUT2D eigenvalue weighted by Gasteiger charge is -2.29. The lowest BCUT2D eigenvalue weighted by Crippen LogP contribution is -2.49. The van der Waals surface area contributed by atoms with Crippen molar-refractivity contribution in [1.29, 1.82) is 0 Å². The number of nitrogens with one attached hydrogen (secondary N) is 1. The number of amides is 3. The fraction of sp³-hybridized carbons (Fsp3) is 0.423. The lowest BCUT2D eigenvalue weighted by atomic mass is 10.2. The van der Waals surface area contributed by atoms with Crippen LogP contribution in [0.3, 0.4) is 0 Å². The van der Waals surface area contributed by atoms with Gasteiger partial charge in [0, 0.05) is 31.3 Å². The summed E-state index contributed by atoms with van der Waals surface area (Å²) in [4.78, 5) is 34.6. The van der Waals surface area contributed by atoms with Crippen molar-refractivity contribution in [3.8, 4) is 5.75 Å². The second kappa shape index (κ2) is 13.7. The van der Waals surface area contributed by atoms with E-state index in [2.05, 4.69) is 10.3 Å². The Labute approximate surface area is 218 Å². The number of methoxy groups -OCH3 is 2. The SMILES string of the molecule is COCN(c1cc(N=C(NC(=O)N(C)C(C)C)N(C=O)Cc2ccc(Cl)cc2)ccc1OC)C(C)C. The topological polar surface area (TPSA) is 86.7 Å². The van der Waals surface area contributed by atoms with Gasteiger partial charge in [0.05, 0.1) is 25.0 Å². The normalized spacial score (nSPS) is 11.4. The Morgan fingerprint density at radius 3 is 2.28 bits per heavy atom. The maximum atomic E-state index is 12.9. The Morgan fingerprint density at radius 1 is 1.08 bits per heavy atom. The summed E-state index contributed by atoms with van der Waals surface area (Å²) in [5.41, 5.74) is 2.13. The highest BCUT2D eigenvalue weighted by Crippen LogP contribution is 2.33. The van der Waals surface area contributed by atoms with E-state index in [0.717, 1.165) is 11.3 Å². The summed E-state index contributed by atoms with van der Waals surface area (Å²) in [6.07, 6.45) is 0.638. The first-order valence-electron chi connectivity index (χ1n) is 11.6. The molecule has 0 aliphatic rings. The molecule has 0 fully saturated rings. The minimum Gasteiger partial charge on any atom is -0.495 e. The van der Waals surface area contributed by atoms with E-state index >= 15 is 0 Å². The van der Waals surface area contributed by atoms with Crippen LogP contribution in [0.2, 0.25) is 5.02 Å². The molecule has 0 aliphatic heterocycles. The molecule has 0 bridgehead atoms. The molecule has 0 saturated heterocycles. The lowest BCUT2D eigenvalue weighted by molar-refractivity contribution is -0.115. The van der Waals surface area contributed by atoms with E-state index in [9.17, 15) is 9.59 Å². The van der Waals surface area contributed by atoms with Gasteiger partial charge in [0.2, 0.25) is 12.4 Å². The number of benzene rings is 2. The summed E-state index contributed by atoms with van der Waals surface area (Å²) in [6, 6.07) is 12.2. The van der Waals surface area contributed by atoms with Crippen molar-refractivity contribution < 1.29 is 19.1 Å². The number of guanidine groups is 1. The molecule has 9 nitrogen and oxygen atoms in total. The Hall–Kier alpha value is -3.30. The molecule has 2 aromatic carbocycles. The van der Waals surface area contributed by atoms with Crippen molar-refractivity contribution in [3.05, 3.63) is 53.1 Å². The van der Waals surface area contributed by atoms with Crippen LogP contribution in [-0.4, -0.2) is 68.3 Å². The fourth-order valence-corrected chi connectivity index (χ4v) is 3.39. The highest BCUT2D eigenvalue weighted by molar-refractivity contribution is 6.30. The van der Waals surface area contributed by atoms with Gasteiger partial charge >= 0.3 is 6.03 Å². The van der Waals surface area contributed by atoms with Crippen LogP contribution in [0.5, 0.6) is 5.75 Å². The molecule has 0 unspecified atom stereocenters. The van der Waals surface area contributed by atoms with Gasteiger partial charge in [-0.2, -0.15) is 0 Å². The molecule has 0 aromatic heterocycles. The molecule has 0 radical (unpaired) electrons. The third-order valence-electron chi connectivity index (χ3n) is 5.58. The average molecular weight is 518 g/mol. The molecular weight excluding hydrogens is 482 g/mol. The van der Waals surface area contributed by atoms with E-state index in [1.807, 2.05) is 50.8 Å². The van der Waals surface area contributed by atoms with Gasteiger partial charge in [-0.05, 0) is 63.6 Å². The number of carbonyl (C=O) groups excluding carboxylic acids is 2. The molecule has 2 rings (SSSR count). The van der Waals surface area contributed by atoms with Gasteiger partial charge < -0.3 is 19.3 Å². The minimum atomic E-state index is -0.386. The van der Waals surface area contributed by atoms with Crippen LogP contribution in [-0.2, 0) is 16.1 Å². The van der Waals surface area contributed by atoms with Crippen molar-refractivity contribution in [2.45, 2.75) is 46.3 Å². The van der Waals surface area contributed by atoms with Crippen LogP contribution in [0.1, 0.15) is 33.3 Å². The van der Waals surface area contributed by atoms with Crippen LogP contribution in [0.25, 0.3) is 0 Å². The molecule has 2 aromatic rings. The number of hydrogen-bond donors (Lipinski definition) is 1. The number of hydrogen-bond acceptors (Lipinski definition) is 6. The van der Waals surface area contributed by atoms with Crippen molar-refractivity contribution in [1.82, 2.24) is 15.1 Å². The average Bonchev–Trinajstić information content (AvgIpc) is 2.85. The highest BCUT2D eigenvalue weighted by Gasteiger charge is 2.20. The Balaban J connectivity index is 2.54. The molecule has 1 N–H and O–H groups in total. The summed E-state index contributed by atoms with van der Waals surface area (Å²) >= 11 is 6.00. The minimum absolute atomic E-state index is 0.0478. The van der Waals surface area contributed by atoms with Gasteiger partial charge in [0.25, 0.3) is 0 Å². The molecule has 0 heterocycles. The number of nitrogens with zero attached hydrogens (tertiary/aromatic N) is 4. The summed E-state index contributed by atoms with van der Waals surface area (Å²) in [5.74, 6) is 0.745. The predicted octanol–water partition coefficient (Wildman–Crippen LogP) is 4.86. The van der Waals surface area contributed by atoms with Crippen LogP contribution in [0, 0.1) is 0 Å². The van der Waals surface area contributed by atoms with Gasteiger partial charge in [-0.1, -0.05) is 23.7 Å². The van der Waals surface area contributed by atoms with E-state index in [1.54, 1.807) is 45.5 Å². The quantitative estimate of drug-likeness (QED) is 0.210. The maximum Gasteiger partial charge on any atom is 0.324 e. The van der Waals surface area contributed by atoms with E-state index in [-0.39, 0.29) is 30.6 Å². The Morgan fingerprint density at radius 2 is 1.75 bits per heavy atom. The fourth-order valence-electron chi connectivity index (χ4n) is 3.26. The molecule has 0 spiro atoms. The molecular formula is C26H36ClN5O4. The van der Waals surface area contributed by atoms with Crippen molar-refractivity contribution in [2.75, 3.05) is 32.9 Å².